The zero-order valence-electron chi connectivity index (χ0n) is 8.87. The van der Waals surface area contributed by atoms with E-state index in [1.54, 1.807) is 6.92 Å². The van der Waals surface area contributed by atoms with E-state index in [1.807, 2.05) is 6.92 Å². The maximum Gasteiger partial charge on any atom is 0.126 e. The minimum absolute atomic E-state index is 0.0689. The van der Waals surface area contributed by atoms with Crippen molar-refractivity contribution in [2.75, 3.05) is 6.54 Å². The van der Waals surface area contributed by atoms with E-state index in [-0.39, 0.29) is 11.8 Å². The number of rotatable bonds is 4. The minimum atomic E-state index is -0.459. The van der Waals surface area contributed by atoms with Gasteiger partial charge in [-0.3, -0.25) is 0 Å². The van der Waals surface area contributed by atoms with Gasteiger partial charge in [0.2, 0.25) is 0 Å². The number of phenolic OH excluding ortho intramolecular Hbond substituents is 1. The largest absolute Gasteiger partial charge is 0.508 e. The second-order valence-electron chi connectivity index (χ2n) is 3.68. The van der Waals surface area contributed by atoms with Crippen molar-refractivity contribution < 1.29 is 14.6 Å². The number of phenols is 1. The topological polar surface area (TPSA) is 52.5 Å². The maximum absolute atomic E-state index is 12.7. The third-order valence-corrected chi connectivity index (χ3v) is 2.18. The fourth-order valence-electron chi connectivity index (χ4n) is 1.34. The minimum Gasteiger partial charge on any atom is -0.508 e. The van der Waals surface area contributed by atoms with Gasteiger partial charge in [-0.15, -0.1) is 0 Å². The van der Waals surface area contributed by atoms with Crippen LogP contribution in [0.1, 0.15) is 25.5 Å². The first kappa shape index (κ1) is 11.9. The third-order valence-electron chi connectivity index (χ3n) is 2.18. The van der Waals surface area contributed by atoms with Crippen LogP contribution in [0.2, 0.25) is 0 Å². The number of benzene rings is 1. The molecule has 1 rings (SSSR count). The number of aliphatic hydroxyl groups excluding tert-OH is 1. The van der Waals surface area contributed by atoms with E-state index in [4.69, 9.17) is 5.11 Å². The zero-order valence-corrected chi connectivity index (χ0v) is 8.87. The molecule has 15 heavy (non-hydrogen) atoms. The molecular formula is C11H16FNO2. The van der Waals surface area contributed by atoms with Crippen molar-refractivity contribution in [2.24, 2.45) is 0 Å². The van der Waals surface area contributed by atoms with Crippen molar-refractivity contribution in [1.82, 2.24) is 5.32 Å². The smallest absolute Gasteiger partial charge is 0.126 e. The molecular weight excluding hydrogens is 197 g/mol. The molecule has 4 heteroatoms. The van der Waals surface area contributed by atoms with Crippen LogP contribution in [0.25, 0.3) is 0 Å². The number of halogens is 1. The highest BCUT2D eigenvalue weighted by Crippen LogP contribution is 2.24. The number of aliphatic hydroxyl groups is 1. The van der Waals surface area contributed by atoms with E-state index in [2.05, 4.69) is 5.32 Å². The number of aromatic hydroxyl groups is 1. The van der Waals surface area contributed by atoms with Crippen molar-refractivity contribution >= 4 is 0 Å². The molecule has 1 aromatic carbocycles. The summed E-state index contributed by atoms with van der Waals surface area (Å²) >= 11 is 0. The molecule has 0 bridgehead atoms. The summed E-state index contributed by atoms with van der Waals surface area (Å²) in [6.07, 6.45) is -0.449. The van der Waals surface area contributed by atoms with Gasteiger partial charge in [0.05, 0.1) is 6.10 Å². The lowest BCUT2D eigenvalue weighted by Gasteiger charge is -2.16. The molecule has 0 aliphatic rings. The summed E-state index contributed by atoms with van der Waals surface area (Å²) in [7, 11) is 0. The van der Waals surface area contributed by atoms with Crippen LogP contribution in [0.5, 0.6) is 5.75 Å². The van der Waals surface area contributed by atoms with Crippen LogP contribution in [-0.4, -0.2) is 22.9 Å². The average molecular weight is 213 g/mol. The van der Waals surface area contributed by atoms with E-state index >= 15 is 0 Å². The molecule has 0 spiro atoms. The highest BCUT2D eigenvalue weighted by molar-refractivity contribution is 5.34. The van der Waals surface area contributed by atoms with Crippen LogP contribution in [0.15, 0.2) is 18.2 Å². The Hall–Kier alpha value is -1.13. The molecule has 0 heterocycles. The fourth-order valence-corrected chi connectivity index (χ4v) is 1.34. The predicted octanol–water partition coefficient (Wildman–Crippen LogP) is 1.56. The summed E-state index contributed by atoms with van der Waals surface area (Å²) in [5.74, 6) is -0.528. The Morgan fingerprint density at radius 3 is 2.60 bits per heavy atom. The van der Waals surface area contributed by atoms with Gasteiger partial charge in [0, 0.05) is 24.2 Å². The van der Waals surface area contributed by atoms with E-state index in [9.17, 15) is 9.50 Å². The van der Waals surface area contributed by atoms with Gasteiger partial charge in [-0.2, -0.15) is 0 Å². The molecule has 3 N–H and O–H groups in total. The number of nitrogens with one attached hydrogen (secondary N) is 1. The normalized spacial score (nSPS) is 14.9. The van der Waals surface area contributed by atoms with Gasteiger partial charge in [-0.25, -0.2) is 4.39 Å². The Bertz CT molecular complexity index is 328. The summed E-state index contributed by atoms with van der Waals surface area (Å²) in [6, 6.07) is 3.79. The van der Waals surface area contributed by atoms with Gasteiger partial charge in [-0.1, -0.05) is 6.07 Å². The van der Waals surface area contributed by atoms with Crippen LogP contribution in [-0.2, 0) is 0 Å². The Morgan fingerprint density at radius 1 is 1.40 bits per heavy atom. The molecule has 0 fully saturated rings. The summed E-state index contributed by atoms with van der Waals surface area (Å²) in [6.45, 7) is 3.94. The second kappa shape index (κ2) is 5.09. The molecule has 0 aliphatic carbocycles. The van der Waals surface area contributed by atoms with Crippen molar-refractivity contribution in [3.8, 4) is 5.75 Å². The SMILES string of the molecule is C[C@@H](O)CN[C@H](C)c1ccc(F)cc1O. The Kier molecular flexibility index (Phi) is 4.05. The molecule has 3 nitrogen and oxygen atoms in total. The van der Waals surface area contributed by atoms with Crippen molar-refractivity contribution in [3.05, 3.63) is 29.6 Å². The van der Waals surface area contributed by atoms with Crippen LogP contribution < -0.4 is 5.32 Å². The van der Waals surface area contributed by atoms with Gasteiger partial charge in [0.25, 0.3) is 0 Å². The first-order valence-corrected chi connectivity index (χ1v) is 4.90. The molecule has 0 radical (unpaired) electrons. The lowest BCUT2D eigenvalue weighted by molar-refractivity contribution is 0.187. The van der Waals surface area contributed by atoms with Gasteiger partial charge < -0.3 is 15.5 Å². The molecule has 1 aromatic rings. The molecule has 0 unspecified atom stereocenters. The molecule has 0 aromatic heterocycles. The summed E-state index contributed by atoms with van der Waals surface area (Å²) in [5.41, 5.74) is 0.622. The van der Waals surface area contributed by atoms with E-state index in [1.165, 1.54) is 12.1 Å². The van der Waals surface area contributed by atoms with Gasteiger partial charge in [0.15, 0.2) is 0 Å². The van der Waals surface area contributed by atoms with Crippen molar-refractivity contribution in [1.29, 1.82) is 0 Å². The molecule has 0 saturated carbocycles. The molecule has 2 atom stereocenters. The third kappa shape index (κ3) is 3.49. The molecule has 0 aliphatic heterocycles. The standard InChI is InChI=1S/C11H16FNO2/c1-7(14)6-13-8(2)10-4-3-9(12)5-11(10)15/h3-5,7-8,13-15H,6H2,1-2H3/t7-,8-/m1/s1. The van der Waals surface area contributed by atoms with E-state index in [0.29, 0.717) is 12.1 Å². The van der Waals surface area contributed by atoms with Gasteiger partial charge in [0.1, 0.15) is 11.6 Å². The second-order valence-corrected chi connectivity index (χ2v) is 3.68. The summed E-state index contributed by atoms with van der Waals surface area (Å²) in [5, 5.41) is 21.6. The zero-order chi connectivity index (χ0) is 11.4. The summed E-state index contributed by atoms with van der Waals surface area (Å²) in [4.78, 5) is 0. The predicted molar refractivity (Wildman–Crippen MR) is 56.2 cm³/mol. The Labute approximate surface area is 88.6 Å². The van der Waals surface area contributed by atoms with Crippen LogP contribution in [0, 0.1) is 5.82 Å². The lowest BCUT2D eigenvalue weighted by Crippen LogP contribution is -2.27. The van der Waals surface area contributed by atoms with Crippen LogP contribution in [0.3, 0.4) is 0 Å². The van der Waals surface area contributed by atoms with E-state index < -0.39 is 11.9 Å². The van der Waals surface area contributed by atoms with Gasteiger partial charge >= 0.3 is 0 Å². The Balaban J connectivity index is 2.69. The first-order chi connectivity index (χ1) is 7.00. The highest BCUT2D eigenvalue weighted by Gasteiger charge is 2.10. The first-order valence-electron chi connectivity index (χ1n) is 4.90. The monoisotopic (exact) mass is 213 g/mol. The maximum atomic E-state index is 12.7. The molecule has 0 amide bonds. The number of hydrogen-bond acceptors (Lipinski definition) is 3. The van der Waals surface area contributed by atoms with Gasteiger partial charge in [-0.05, 0) is 19.9 Å². The fraction of sp³-hybridized carbons (Fsp3) is 0.455. The van der Waals surface area contributed by atoms with Crippen molar-refractivity contribution in [3.63, 3.8) is 0 Å². The highest BCUT2D eigenvalue weighted by atomic mass is 19.1. The molecule has 84 valence electrons. The van der Waals surface area contributed by atoms with E-state index in [0.717, 1.165) is 6.07 Å². The van der Waals surface area contributed by atoms with Crippen LogP contribution >= 0.6 is 0 Å². The molecule has 0 saturated heterocycles. The number of hydrogen-bond donors (Lipinski definition) is 3. The van der Waals surface area contributed by atoms with Crippen LogP contribution in [0.4, 0.5) is 4.39 Å². The average Bonchev–Trinajstić information content (AvgIpc) is 2.14. The quantitative estimate of drug-likeness (QED) is 0.711. The Morgan fingerprint density at radius 2 is 2.07 bits per heavy atom. The lowest BCUT2D eigenvalue weighted by atomic mass is 10.1. The van der Waals surface area contributed by atoms with Crippen molar-refractivity contribution in [2.45, 2.75) is 26.0 Å². The summed E-state index contributed by atoms with van der Waals surface area (Å²) < 4.78 is 12.7.